The smallest absolute Gasteiger partial charge is 0.209 e. The molecule has 14 heavy (non-hydrogen) atoms. The molecule has 0 aromatic carbocycles. The fourth-order valence-electron chi connectivity index (χ4n) is 1.71. The van der Waals surface area contributed by atoms with Gasteiger partial charge < -0.3 is 4.74 Å². The van der Waals surface area contributed by atoms with Gasteiger partial charge in [0.05, 0.1) is 11.9 Å². The molecular formula is C9H19NO3S. The second-order valence-corrected chi connectivity index (χ2v) is 5.59. The van der Waals surface area contributed by atoms with Gasteiger partial charge in [0.15, 0.2) is 0 Å². The molecule has 0 bridgehead atoms. The molecule has 2 N–H and O–H groups in total. The van der Waals surface area contributed by atoms with Crippen LogP contribution in [0.5, 0.6) is 0 Å². The quantitative estimate of drug-likeness (QED) is 0.681. The Kier molecular flexibility index (Phi) is 4.84. The normalized spacial score (nSPS) is 18.9. The van der Waals surface area contributed by atoms with Crippen LogP contribution in [-0.2, 0) is 14.8 Å². The topological polar surface area (TPSA) is 69.4 Å². The Morgan fingerprint density at radius 2 is 1.86 bits per heavy atom. The van der Waals surface area contributed by atoms with Gasteiger partial charge in [-0.15, -0.1) is 0 Å². The van der Waals surface area contributed by atoms with Crippen LogP contribution in [0.2, 0.25) is 0 Å². The van der Waals surface area contributed by atoms with E-state index in [9.17, 15) is 8.42 Å². The Labute approximate surface area is 85.9 Å². The van der Waals surface area contributed by atoms with E-state index in [0.29, 0.717) is 19.1 Å². The van der Waals surface area contributed by atoms with Gasteiger partial charge in [0, 0.05) is 6.61 Å². The van der Waals surface area contributed by atoms with E-state index in [1.165, 1.54) is 12.8 Å². The van der Waals surface area contributed by atoms with Crippen molar-refractivity contribution in [2.45, 2.75) is 44.6 Å². The number of unbranched alkanes of at least 4 members (excludes halogenated alkanes) is 1. The molecule has 84 valence electrons. The van der Waals surface area contributed by atoms with Crippen molar-refractivity contribution in [3.05, 3.63) is 0 Å². The molecule has 1 rings (SSSR count). The molecule has 1 aliphatic carbocycles. The predicted molar refractivity (Wildman–Crippen MR) is 55.4 cm³/mol. The molecule has 1 aliphatic rings. The molecule has 1 saturated carbocycles. The Morgan fingerprint density at radius 1 is 1.21 bits per heavy atom. The molecule has 1 fully saturated rings. The Morgan fingerprint density at radius 3 is 2.43 bits per heavy atom. The first kappa shape index (κ1) is 11.9. The number of hydrogen-bond donors (Lipinski definition) is 1. The summed E-state index contributed by atoms with van der Waals surface area (Å²) in [5.74, 6) is 0.0705. The number of rotatable bonds is 6. The summed E-state index contributed by atoms with van der Waals surface area (Å²) < 4.78 is 26.8. The maximum absolute atomic E-state index is 10.6. The van der Waals surface area contributed by atoms with Gasteiger partial charge in [0.25, 0.3) is 0 Å². The van der Waals surface area contributed by atoms with Crippen LogP contribution in [-0.4, -0.2) is 26.9 Å². The summed E-state index contributed by atoms with van der Waals surface area (Å²) in [5.41, 5.74) is 0. The summed E-state index contributed by atoms with van der Waals surface area (Å²) in [6, 6.07) is 0. The molecule has 4 nitrogen and oxygen atoms in total. The van der Waals surface area contributed by atoms with E-state index in [4.69, 9.17) is 9.88 Å². The van der Waals surface area contributed by atoms with Gasteiger partial charge in [-0.3, -0.25) is 0 Å². The molecule has 0 amide bonds. The third kappa shape index (κ3) is 5.57. The summed E-state index contributed by atoms with van der Waals surface area (Å²) >= 11 is 0. The minimum absolute atomic E-state index is 0.0705. The van der Waals surface area contributed by atoms with Gasteiger partial charge in [-0.25, -0.2) is 13.6 Å². The molecule has 0 aromatic heterocycles. The molecule has 0 spiro atoms. The minimum atomic E-state index is -3.28. The van der Waals surface area contributed by atoms with Gasteiger partial charge in [0.2, 0.25) is 10.0 Å². The maximum atomic E-state index is 10.6. The fourth-order valence-corrected chi connectivity index (χ4v) is 2.32. The van der Waals surface area contributed by atoms with Gasteiger partial charge in [0.1, 0.15) is 0 Å². The first-order chi connectivity index (χ1) is 6.58. The van der Waals surface area contributed by atoms with Crippen LogP contribution in [0.3, 0.4) is 0 Å². The van der Waals surface area contributed by atoms with Gasteiger partial charge in [-0.05, 0) is 25.7 Å². The van der Waals surface area contributed by atoms with E-state index in [1.807, 2.05) is 0 Å². The van der Waals surface area contributed by atoms with Crippen LogP contribution in [0.1, 0.15) is 38.5 Å². The Balaban J connectivity index is 1.94. The maximum Gasteiger partial charge on any atom is 0.209 e. The second kappa shape index (κ2) is 5.68. The molecular weight excluding hydrogens is 202 g/mol. The SMILES string of the molecule is NS(=O)(=O)CCCCOC1CCCC1. The van der Waals surface area contributed by atoms with E-state index in [2.05, 4.69) is 0 Å². The third-order valence-electron chi connectivity index (χ3n) is 2.48. The van der Waals surface area contributed by atoms with Gasteiger partial charge in [-0.1, -0.05) is 12.8 Å². The minimum Gasteiger partial charge on any atom is -0.378 e. The van der Waals surface area contributed by atoms with Crippen molar-refractivity contribution in [3.8, 4) is 0 Å². The van der Waals surface area contributed by atoms with E-state index < -0.39 is 10.0 Å². The Hall–Kier alpha value is -0.130. The molecule has 0 unspecified atom stereocenters. The fraction of sp³-hybridized carbons (Fsp3) is 1.00. The van der Waals surface area contributed by atoms with Crippen LogP contribution in [0.15, 0.2) is 0 Å². The predicted octanol–water partition coefficient (Wildman–Crippen LogP) is 1.01. The first-order valence-electron chi connectivity index (χ1n) is 5.20. The zero-order valence-electron chi connectivity index (χ0n) is 8.44. The van der Waals surface area contributed by atoms with Crippen LogP contribution in [0.25, 0.3) is 0 Å². The van der Waals surface area contributed by atoms with Crippen molar-refractivity contribution in [3.63, 3.8) is 0 Å². The molecule has 0 atom stereocenters. The van der Waals surface area contributed by atoms with E-state index >= 15 is 0 Å². The standard InChI is InChI=1S/C9H19NO3S/c10-14(11,12)8-4-3-7-13-9-5-1-2-6-9/h9H,1-8H2,(H2,10,11,12). The number of ether oxygens (including phenoxy) is 1. The Bertz CT molecular complexity index is 245. The second-order valence-electron chi connectivity index (χ2n) is 3.85. The summed E-state index contributed by atoms with van der Waals surface area (Å²) in [4.78, 5) is 0. The van der Waals surface area contributed by atoms with E-state index in [-0.39, 0.29) is 5.75 Å². The molecule has 0 heterocycles. The van der Waals surface area contributed by atoms with Gasteiger partial charge >= 0.3 is 0 Å². The third-order valence-corrected chi connectivity index (χ3v) is 3.34. The summed E-state index contributed by atoms with van der Waals surface area (Å²) in [6.07, 6.45) is 6.66. The summed E-state index contributed by atoms with van der Waals surface area (Å²) in [7, 11) is -3.28. The molecule has 0 aromatic rings. The lowest BCUT2D eigenvalue weighted by Crippen LogP contribution is -2.17. The highest BCUT2D eigenvalue weighted by molar-refractivity contribution is 7.89. The van der Waals surface area contributed by atoms with Crippen LogP contribution in [0, 0.1) is 0 Å². The highest BCUT2D eigenvalue weighted by Crippen LogP contribution is 2.20. The van der Waals surface area contributed by atoms with Crippen LogP contribution >= 0.6 is 0 Å². The van der Waals surface area contributed by atoms with Gasteiger partial charge in [-0.2, -0.15) is 0 Å². The van der Waals surface area contributed by atoms with Crippen molar-refractivity contribution in [2.75, 3.05) is 12.4 Å². The van der Waals surface area contributed by atoms with Crippen molar-refractivity contribution in [2.24, 2.45) is 5.14 Å². The lowest BCUT2D eigenvalue weighted by molar-refractivity contribution is 0.0566. The molecule has 0 saturated heterocycles. The highest BCUT2D eigenvalue weighted by Gasteiger charge is 2.14. The molecule has 5 heteroatoms. The van der Waals surface area contributed by atoms with Crippen molar-refractivity contribution < 1.29 is 13.2 Å². The summed E-state index contributed by atoms with van der Waals surface area (Å²) in [5, 5.41) is 4.87. The van der Waals surface area contributed by atoms with E-state index in [0.717, 1.165) is 19.3 Å². The van der Waals surface area contributed by atoms with Crippen molar-refractivity contribution in [1.29, 1.82) is 0 Å². The van der Waals surface area contributed by atoms with Crippen molar-refractivity contribution >= 4 is 10.0 Å². The largest absolute Gasteiger partial charge is 0.378 e. The number of hydrogen-bond acceptors (Lipinski definition) is 3. The zero-order valence-corrected chi connectivity index (χ0v) is 9.26. The number of primary sulfonamides is 1. The van der Waals surface area contributed by atoms with Crippen molar-refractivity contribution in [1.82, 2.24) is 0 Å². The first-order valence-corrected chi connectivity index (χ1v) is 6.91. The monoisotopic (exact) mass is 221 g/mol. The lowest BCUT2D eigenvalue weighted by atomic mass is 10.3. The molecule has 0 radical (unpaired) electrons. The molecule has 0 aliphatic heterocycles. The highest BCUT2D eigenvalue weighted by atomic mass is 32.2. The average molecular weight is 221 g/mol. The zero-order chi connectivity index (χ0) is 10.4. The lowest BCUT2D eigenvalue weighted by Gasteiger charge is -2.10. The average Bonchev–Trinajstić information content (AvgIpc) is 2.54. The number of nitrogens with two attached hydrogens (primary N) is 1. The summed E-state index contributed by atoms with van der Waals surface area (Å²) in [6.45, 7) is 0.667. The van der Waals surface area contributed by atoms with Crippen LogP contribution in [0.4, 0.5) is 0 Å². The van der Waals surface area contributed by atoms with Crippen LogP contribution < -0.4 is 5.14 Å². The number of sulfonamides is 1. The van der Waals surface area contributed by atoms with E-state index in [1.54, 1.807) is 0 Å².